The van der Waals surface area contributed by atoms with Crippen LogP contribution in [0.1, 0.15) is 6.92 Å². The molecule has 2 aliphatic heterocycles. The van der Waals surface area contributed by atoms with E-state index in [1.54, 1.807) is 35.9 Å². The minimum Gasteiger partial charge on any atom is -0.451 e. The lowest BCUT2D eigenvalue weighted by Crippen LogP contribution is -2.22. The van der Waals surface area contributed by atoms with Crippen molar-refractivity contribution in [1.82, 2.24) is 19.1 Å². The molecule has 3 aromatic carbocycles. The van der Waals surface area contributed by atoms with Gasteiger partial charge in [-0.2, -0.15) is 0 Å². The number of rotatable bonds is 1. The minimum atomic E-state index is -0.249. The van der Waals surface area contributed by atoms with Gasteiger partial charge in [0.15, 0.2) is 23.0 Å². The Morgan fingerprint density at radius 1 is 0.829 bits per heavy atom. The second-order valence-electron chi connectivity index (χ2n) is 8.25. The fourth-order valence-corrected chi connectivity index (χ4v) is 5.05. The van der Waals surface area contributed by atoms with Gasteiger partial charge in [-0.25, -0.2) is 19.6 Å². The van der Waals surface area contributed by atoms with Crippen molar-refractivity contribution in [2.45, 2.75) is 13.5 Å². The molecule has 0 saturated heterocycles. The molecular weight excluding hydrogens is 495 g/mol. The van der Waals surface area contributed by atoms with E-state index in [4.69, 9.17) is 32.7 Å². The standard InChI is InChI=1S/C23H14Cl2N6O4/c1-3-31-13-7-15-11(5-9(13)29-23(31)33)27-19-16(24)20-18(17(25)21(19)35-15)26-10-4-8-12(6-14(10)34-20)30(2)22(32)28-8/h4-7H,3H2,1-2H3,(H,28,32)(H,29,33). The molecule has 2 N–H and O–H groups in total. The largest absolute Gasteiger partial charge is 0.451 e. The number of aromatic amines is 2. The van der Waals surface area contributed by atoms with E-state index in [1.165, 1.54) is 4.57 Å². The number of hydrogen-bond donors (Lipinski definition) is 2. The van der Waals surface area contributed by atoms with Crippen molar-refractivity contribution >= 4 is 56.6 Å². The van der Waals surface area contributed by atoms with Crippen molar-refractivity contribution in [2.75, 3.05) is 0 Å². The van der Waals surface area contributed by atoms with Crippen molar-refractivity contribution in [1.29, 1.82) is 0 Å². The highest BCUT2D eigenvalue weighted by Gasteiger charge is 2.28. The van der Waals surface area contributed by atoms with Crippen molar-refractivity contribution in [3.8, 4) is 23.0 Å². The molecule has 0 atom stereocenters. The smallest absolute Gasteiger partial charge is 0.326 e. The van der Waals surface area contributed by atoms with Gasteiger partial charge in [0.25, 0.3) is 0 Å². The summed E-state index contributed by atoms with van der Waals surface area (Å²) in [6.07, 6.45) is 0. The Bertz CT molecular complexity index is 2030. The first kappa shape index (κ1) is 20.4. The van der Waals surface area contributed by atoms with Crippen LogP contribution in [0.25, 0.3) is 22.1 Å². The van der Waals surface area contributed by atoms with E-state index < -0.39 is 0 Å². The average molecular weight is 509 g/mol. The molecule has 2 aliphatic rings. The lowest BCUT2D eigenvalue weighted by molar-refractivity contribution is 0.452. The maximum atomic E-state index is 12.2. The molecular formula is C23H14Cl2N6O4. The molecule has 174 valence electrons. The van der Waals surface area contributed by atoms with E-state index >= 15 is 0 Å². The molecule has 0 amide bonds. The molecule has 10 nitrogen and oxygen atoms in total. The highest BCUT2D eigenvalue weighted by Crippen LogP contribution is 2.44. The second kappa shape index (κ2) is 6.77. The first-order valence-corrected chi connectivity index (χ1v) is 11.4. The van der Waals surface area contributed by atoms with Crippen LogP contribution < -0.4 is 31.6 Å². The third-order valence-corrected chi connectivity index (χ3v) is 6.99. The van der Waals surface area contributed by atoms with Gasteiger partial charge in [0, 0.05) is 25.7 Å². The predicted octanol–water partition coefficient (Wildman–Crippen LogP) is 3.95. The number of halogens is 2. The molecule has 0 radical (unpaired) electrons. The van der Waals surface area contributed by atoms with E-state index in [2.05, 4.69) is 20.0 Å². The highest BCUT2D eigenvalue weighted by molar-refractivity contribution is 6.35. The van der Waals surface area contributed by atoms with Crippen LogP contribution in [0.2, 0.25) is 10.0 Å². The number of aromatic nitrogens is 4. The molecule has 7 rings (SSSR count). The Morgan fingerprint density at radius 3 is 1.91 bits per heavy atom. The van der Waals surface area contributed by atoms with Crippen molar-refractivity contribution in [3.05, 3.63) is 66.0 Å². The van der Waals surface area contributed by atoms with Crippen LogP contribution in [0.5, 0.6) is 23.0 Å². The fourth-order valence-electron chi connectivity index (χ4n) is 4.54. The minimum absolute atomic E-state index is 0.183. The van der Waals surface area contributed by atoms with Gasteiger partial charge in [0.05, 0.1) is 22.1 Å². The van der Waals surface area contributed by atoms with Gasteiger partial charge in [-0.1, -0.05) is 23.2 Å². The number of aryl methyl sites for hydroxylation is 2. The Labute approximate surface area is 204 Å². The summed E-state index contributed by atoms with van der Waals surface area (Å²) in [5.74, 6) is 1.35. The monoisotopic (exact) mass is 508 g/mol. The number of fused-ring (bicyclic) bond motifs is 6. The van der Waals surface area contributed by atoms with E-state index in [-0.39, 0.29) is 32.9 Å². The van der Waals surface area contributed by atoms with Gasteiger partial charge in [-0.3, -0.25) is 9.13 Å². The van der Waals surface area contributed by atoms with E-state index in [1.807, 2.05) is 6.92 Å². The molecule has 0 bridgehead atoms. The number of nitrogens with zero attached hydrogens (tertiary/aromatic N) is 4. The maximum absolute atomic E-state index is 12.2. The van der Waals surface area contributed by atoms with Crippen LogP contribution in [-0.4, -0.2) is 19.1 Å². The number of ether oxygens (including phenoxy) is 2. The second-order valence-corrected chi connectivity index (χ2v) is 9.00. The molecule has 35 heavy (non-hydrogen) atoms. The predicted molar refractivity (Wildman–Crippen MR) is 130 cm³/mol. The van der Waals surface area contributed by atoms with Gasteiger partial charge in [0.1, 0.15) is 32.1 Å². The summed E-state index contributed by atoms with van der Waals surface area (Å²) in [5.41, 5.74) is 3.11. The summed E-state index contributed by atoms with van der Waals surface area (Å²) in [6, 6.07) is 6.90. The topological polar surface area (TPSA) is 119 Å². The molecule has 12 heteroatoms. The maximum Gasteiger partial charge on any atom is 0.326 e. The quantitative estimate of drug-likeness (QED) is 0.348. The number of benzene rings is 3. The molecule has 0 aliphatic carbocycles. The summed E-state index contributed by atoms with van der Waals surface area (Å²) in [5, 5.41) is 0.964. The zero-order valence-corrected chi connectivity index (χ0v) is 19.7. The van der Waals surface area contributed by atoms with Crippen LogP contribution in [0, 0.1) is 0 Å². The van der Waals surface area contributed by atoms with Crippen LogP contribution in [0.4, 0.5) is 11.4 Å². The molecule has 0 unspecified atom stereocenters. The average Bonchev–Trinajstić information content (AvgIpc) is 3.30. The first-order valence-electron chi connectivity index (χ1n) is 10.7. The first-order chi connectivity index (χ1) is 16.8. The van der Waals surface area contributed by atoms with Crippen LogP contribution in [0.3, 0.4) is 0 Å². The van der Waals surface area contributed by atoms with E-state index in [9.17, 15) is 9.59 Å². The third kappa shape index (κ3) is 2.66. The molecule has 5 aromatic rings. The highest BCUT2D eigenvalue weighted by atomic mass is 35.5. The van der Waals surface area contributed by atoms with Crippen molar-refractivity contribution in [2.24, 2.45) is 17.0 Å². The van der Waals surface area contributed by atoms with Gasteiger partial charge < -0.3 is 19.4 Å². The number of H-pyrrole nitrogens is 2. The van der Waals surface area contributed by atoms with Gasteiger partial charge in [-0.05, 0) is 19.1 Å². The van der Waals surface area contributed by atoms with Gasteiger partial charge >= 0.3 is 11.4 Å². The summed E-state index contributed by atoms with van der Waals surface area (Å²) in [6.45, 7) is 2.39. The van der Waals surface area contributed by atoms with E-state index in [0.29, 0.717) is 62.2 Å². The Morgan fingerprint density at radius 2 is 1.34 bits per heavy atom. The third-order valence-electron chi connectivity index (χ3n) is 6.29. The molecule has 2 aromatic heterocycles. The summed E-state index contributed by atoms with van der Waals surface area (Å²) >= 11 is 13.5. The lowest BCUT2D eigenvalue weighted by atomic mass is 10.2. The number of nitrogens with one attached hydrogen (secondary N) is 2. The molecule has 0 fully saturated rings. The van der Waals surface area contributed by atoms with Crippen LogP contribution in [0.15, 0.2) is 43.8 Å². The van der Waals surface area contributed by atoms with Gasteiger partial charge in [0.2, 0.25) is 0 Å². The van der Waals surface area contributed by atoms with Gasteiger partial charge in [-0.15, -0.1) is 0 Å². The molecule has 0 spiro atoms. The van der Waals surface area contributed by atoms with Crippen molar-refractivity contribution in [3.63, 3.8) is 0 Å². The summed E-state index contributed by atoms with van der Waals surface area (Å²) in [7, 11) is 1.66. The number of imidazole rings is 2. The molecule has 4 heterocycles. The van der Waals surface area contributed by atoms with E-state index in [0.717, 1.165) is 0 Å². The zero-order chi connectivity index (χ0) is 24.2. The summed E-state index contributed by atoms with van der Waals surface area (Å²) in [4.78, 5) is 39.2. The van der Waals surface area contributed by atoms with Crippen LogP contribution >= 0.6 is 23.2 Å². The Hall–Kier alpha value is -4.02. The SMILES string of the molecule is CCn1c(=O)[nH]c2cc3c(cc21)Oc1c(Cl)c2c(c(Cl)c1=N3)Oc1cc3c(cc1N=2)[nH]c(=O)n3C. The summed E-state index contributed by atoms with van der Waals surface area (Å²) < 4.78 is 15.3. The Balaban J connectivity index is 1.48. The Kier molecular flexibility index (Phi) is 3.94. The lowest BCUT2D eigenvalue weighted by Gasteiger charge is -2.21. The fraction of sp³-hybridized carbons (Fsp3) is 0.130. The normalized spacial score (nSPS) is 13.3. The van der Waals surface area contributed by atoms with Crippen LogP contribution in [-0.2, 0) is 13.6 Å². The number of hydrogen-bond acceptors (Lipinski definition) is 6. The zero-order valence-electron chi connectivity index (χ0n) is 18.2. The van der Waals surface area contributed by atoms with Crippen molar-refractivity contribution < 1.29 is 9.47 Å². The molecule has 0 saturated carbocycles.